The fourth-order valence-electron chi connectivity index (χ4n) is 5.98. The van der Waals surface area contributed by atoms with Gasteiger partial charge in [-0.15, -0.1) is 0 Å². The number of carbonyl (C=O) groups is 1. The van der Waals surface area contributed by atoms with Crippen LogP contribution >= 0.6 is 0 Å². The van der Waals surface area contributed by atoms with E-state index in [0.717, 1.165) is 49.7 Å². The number of amides is 1. The molecule has 0 spiro atoms. The van der Waals surface area contributed by atoms with Crippen molar-refractivity contribution in [1.82, 2.24) is 34.1 Å². The number of nitrogens with zero attached hydrogens (tertiary/aromatic N) is 9. The molecule has 0 radical (unpaired) electrons. The van der Waals surface area contributed by atoms with E-state index < -0.39 is 5.82 Å². The molecule has 0 aliphatic carbocycles. The second kappa shape index (κ2) is 9.11. The summed E-state index contributed by atoms with van der Waals surface area (Å²) in [7, 11) is 2.09. The number of piperazine rings is 1. The molecule has 0 saturated carbocycles. The highest BCUT2D eigenvalue weighted by Crippen LogP contribution is 2.35. The van der Waals surface area contributed by atoms with Gasteiger partial charge in [-0.1, -0.05) is 0 Å². The highest BCUT2D eigenvalue weighted by atomic mass is 19.1. The molecule has 1 amide bonds. The van der Waals surface area contributed by atoms with Gasteiger partial charge in [0.2, 0.25) is 5.91 Å². The Hall–Kier alpha value is -3.49. The number of carbonyl (C=O) groups excluding carboxylic acids is 1. The first-order valence-electron chi connectivity index (χ1n) is 12.9. The molecule has 3 aromatic rings. The molecular weight excluding hydrogens is 473 g/mol. The highest BCUT2D eigenvalue weighted by molar-refractivity contribution is 5.78. The highest BCUT2D eigenvalue weighted by Gasteiger charge is 2.35. The molecule has 0 aromatic carbocycles. The van der Waals surface area contributed by atoms with Crippen LogP contribution in [0.2, 0.25) is 0 Å². The third-order valence-corrected chi connectivity index (χ3v) is 8.16. The van der Waals surface area contributed by atoms with Gasteiger partial charge in [0.15, 0.2) is 5.82 Å². The minimum atomic E-state index is -0.435. The monoisotopic (exact) mass is 505 g/mol. The van der Waals surface area contributed by atoms with Crippen LogP contribution in [0.1, 0.15) is 42.5 Å². The van der Waals surface area contributed by atoms with E-state index in [1.54, 1.807) is 6.07 Å². The molecule has 0 N–H and O–H groups in total. The number of likely N-dealkylation sites (N-methyl/N-ethyl adjacent to an activating group) is 1. The van der Waals surface area contributed by atoms with Crippen LogP contribution in [0.15, 0.2) is 18.3 Å². The molecule has 11 heteroatoms. The minimum Gasteiger partial charge on any atom is -0.362 e. The molecule has 194 valence electrons. The summed E-state index contributed by atoms with van der Waals surface area (Å²) < 4.78 is 18.3. The van der Waals surface area contributed by atoms with Crippen molar-refractivity contribution < 1.29 is 9.18 Å². The van der Waals surface area contributed by atoms with E-state index in [-0.39, 0.29) is 18.0 Å². The van der Waals surface area contributed by atoms with Crippen molar-refractivity contribution in [3.63, 3.8) is 0 Å². The summed E-state index contributed by atoms with van der Waals surface area (Å²) in [5.74, 6) is -0.241. The Labute approximate surface area is 215 Å². The smallest absolute Gasteiger partial charge is 0.236 e. The molecule has 3 aliphatic rings. The maximum Gasteiger partial charge on any atom is 0.236 e. The Morgan fingerprint density at radius 2 is 1.95 bits per heavy atom. The summed E-state index contributed by atoms with van der Waals surface area (Å²) in [4.78, 5) is 21.7. The van der Waals surface area contributed by atoms with Crippen LogP contribution < -0.4 is 4.90 Å². The van der Waals surface area contributed by atoms with E-state index in [9.17, 15) is 14.4 Å². The summed E-state index contributed by atoms with van der Waals surface area (Å²) in [5, 5.41) is 18.5. The molecule has 6 rings (SSSR count). The van der Waals surface area contributed by atoms with E-state index in [0.29, 0.717) is 37.4 Å². The van der Waals surface area contributed by atoms with Gasteiger partial charge in [-0.25, -0.2) is 8.91 Å². The molecule has 10 nitrogen and oxygen atoms in total. The molecule has 0 unspecified atom stereocenters. The molecule has 1 saturated heterocycles. The zero-order chi connectivity index (χ0) is 25.8. The zero-order valence-electron chi connectivity index (χ0n) is 21.6. The van der Waals surface area contributed by atoms with Crippen molar-refractivity contribution >= 4 is 17.1 Å². The molecule has 3 aromatic heterocycles. The van der Waals surface area contributed by atoms with E-state index in [2.05, 4.69) is 51.4 Å². The number of nitriles is 1. The van der Waals surface area contributed by atoms with Gasteiger partial charge in [-0.05, 0) is 39.4 Å². The fraction of sp³-hybridized carbons (Fsp3) is 0.538. The lowest BCUT2D eigenvalue weighted by Gasteiger charge is -2.37. The number of hydrogen-bond acceptors (Lipinski definition) is 7. The largest absolute Gasteiger partial charge is 0.362 e. The lowest BCUT2D eigenvalue weighted by Crippen LogP contribution is -2.51. The van der Waals surface area contributed by atoms with Crippen LogP contribution in [0.3, 0.4) is 0 Å². The Morgan fingerprint density at radius 1 is 1.16 bits per heavy atom. The standard InChI is InChI=1S/C26H32FN9O/c1-17-10-20-22(14-33(17)16-25(37)32-8-6-31(3)7-9-32)30-35-18(2)13-34(15-24(20)35)23-5-4-19(11-28)36-26(23)21(27)12-29-36/h4-5,12,17-18H,6-10,13-16H2,1-3H3/t17-,18+/m0/s1. The van der Waals surface area contributed by atoms with Crippen molar-refractivity contribution in [3.8, 4) is 6.07 Å². The van der Waals surface area contributed by atoms with Gasteiger partial charge in [-0.2, -0.15) is 15.5 Å². The number of halogens is 1. The average molecular weight is 506 g/mol. The predicted molar refractivity (Wildman–Crippen MR) is 136 cm³/mol. The molecule has 3 aliphatic heterocycles. The molecular formula is C26H32FN9O. The summed E-state index contributed by atoms with van der Waals surface area (Å²) in [6.45, 7) is 10.1. The third kappa shape index (κ3) is 4.04. The summed E-state index contributed by atoms with van der Waals surface area (Å²) in [6, 6.07) is 5.91. The second-order valence-corrected chi connectivity index (χ2v) is 10.7. The van der Waals surface area contributed by atoms with Crippen LogP contribution in [0, 0.1) is 17.1 Å². The predicted octanol–water partition coefficient (Wildman–Crippen LogP) is 1.64. The zero-order valence-corrected chi connectivity index (χ0v) is 21.6. The van der Waals surface area contributed by atoms with Crippen molar-refractivity contribution in [3.05, 3.63) is 46.8 Å². The van der Waals surface area contributed by atoms with Crippen molar-refractivity contribution in [1.29, 1.82) is 5.26 Å². The first kappa shape index (κ1) is 23.9. The van der Waals surface area contributed by atoms with Gasteiger partial charge in [0.05, 0.1) is 42.4 Å². The number of rotatable bonds is 3. The average Bonchev–Trinajstić information content (AvgIpc) is 3.45. The second-order valence-electron chi connectivity index (χ2n) is 10.7. The van der Waals surface area contributed by atoms with Gasteiger partial charge >= 0.3 is 0 Å². The Morgan fingerprint density at radius 3 is 2.70 bits per heavy atom. The van der Waals surface area contributed by atoms with E-state index >= 15 is 0 Å². The van der Waals surface area contributed by atoms with E-state index in [4.69, 9.17) is 5.10 Å². The van der Waals surface area contributed by atoms with Crippen LogP contribution in [0.25, 0.3) is 5.52 Å². The van der Waals surface area contributed by atoms with Crippen LogP contribution in [0.4, 0.5) is 10.1 Å². The first-order chi connectivity index (χ1) is 17.8. The molecule has 1 fully saturated rings. The number of pyridine rings is 1. The number of anilines is 1. The third-order valence-electron chi connectivity index (χ3n) is 8.16. The topological polar surface area (TPSA) is 88.9 Å². The maximum atomic E-state index is 14.8. The summed E-state index contributed by atoms with van der Waals surface area (Å²) >= 11 is 0. The van der Waals surface area contributed by atoms with Crippen LogP contribution in [-0.2, 0) is 24.3 Å². The van der Waals surface area contributed by atoms with Gasteiger partial charge in [0.25, 0.3) is 0 Å². The lowest BCUT2D eigenvalue weighted by molar-refractivity contribution is -0.134. The van der Waals surface area contributed by atoms with Crippen molar-refractivity contribution in [2.75, 3.05) is 51.2 Å². The Kier molecular flexibility index (Phi) is 5.88. The van der Waals surface area contributed by atoms with Crippen molar-refractivity contribution in [2.45, 2.75) is 45.4 Å². The Bertz CT molecular complexity index is 1400. The number of aromatic nitrogens is 4. The summed E-state index contributed by atoms with van der Waals surface area (Å²) in [6.07, 6.45) is 1.99. The SMILES string of the molecule is C[C@@H]1CN(c2ccc(C#N)n3ncc(F)c23)Cc2c3c(nn21)CN(CC(=O)N1CCN(C)CC1)[C@@H](C)C3. The van der Waals surface area contributed by atoms with Crippen molar-refractivity contribution in [2.24, 2.45) is 0 Å². The van der Waals surface area contributed by atoms with Gasteiger partial charge in [-0.3, -0.25) is 14.4 Å². The Balaban J connectivity index is 1.25. The summed E-state index contributed by atoms with van der Waals surface area (Å²) in [5.41, 5.74) is 4.78. The maximum absolute atomic E-state index is 14.8. The van der Waals surface area contributed by atoms with E-state index in [1.807, 2.05) is 11.0 Å². The van der Waals surface area contributed by atoms with Gasteiger partial charge < -0.3 is 14.7 Å². The molecule has 37 heavy (non-hydrogen) atoms. The number of fused-ring (bicyclic) bond motifs is 4. The van der Waals surface area contributed by atoms with Crippen LogP contribution in [-0.4, -0.2) is 92.4 Å². The minimum absolute atomic E-state index is 0.0896. The quantitative estimate of drug-likeness (QED) is 0.535. The van der Waals surface area contributed by atoms with Crippen LogP contribution in [0.5, 0.6) is 0 Å². The molecule has 6 heterocycles. The normalized spacial score (nSPS) is 22.7. The molecule has 0 bridgehead atoms. The van der Waals surface area contributed by atoms with Gasteiger partial charge in [0, 0.05) is 50.9 Å². The molecule has 2 atom stereocenters. The fourth-order valence-corrected chi connectivity index (χ4v) is 5.98. The van der Waals surface area contributed by atoms with Gasteiger partial charge in [0.1, 0.15) is 17.3 Å². The lowest BCUT2D eigenvalue weighted by atomic mass is 9.97. The van der Waals surface area contributed by atoms with E-state index in [1.165, 1.54) is 16.3 Å². The first-order valence-corrected chi connectivity index (χ1v) is 12.9. The number of hydrogen-bond donors (Lipinski definition) is 0.